The minimum absolute atomic E-state index is 0.209. The molecule has 1 fully saturated rings. The molecule has 1 saturated heterocycles. The van der Waals surface area contributed by atoms with Crippen LogP contribution in [0.15, 0.2) is 27.8 Å². The smallest absolute Gasteiger partial charge is 0.191 e. The summed E-state index contributed by atoms with van der Waals surface area (Å²) in [5.41, 5.74) is 0. The highest BCUT2D eigenvalue weighted by molar-refractivity contribution is 5.79. The molecule has 8 nitrogen and oxygen atoms in total. The summed E-state index contributed by atoms with van der Waals surface area (Å²) in [4.78, 5) is 6.82. The number of piperidine rings is 1. The molecule has 26 heavy (non-hydrogen) atoms. The highest BCUT2D eigenvalue weighted by Gasteiger charge is 2.24. The Labute approximate surface area is 154 Å². The molecular weight excluding hydrogens is 330 g/mol. The summed E-state index contributed by atoms with van der Waals surface area (Å²) in [5.74, 6) is 3.52. The Hall–Kier alpha value is -2.35. The maximum absolute atomic E-state index is 5.70. The van der Waals surface area contributed by atoms with Gasteiger partial charge in [0, 0.05) is 20.6 Å². The lowest BCUT2D eigenvalue weighted by Gasteiger charge is -2.33. The van der Waals surface area contributed by atoms with Gasteiger partial charge in [-0.05, 0) is 45.0 Å². The van der Waals surface area contributed by atoms with Crippen LogP contribution in [0.4, 0.5) is 0 Å². The Bertz CT molecular complexity index is 701. The van der Waals surface area contributed by atoms with Crippen LogP contribution in [0.25, 0.3) is 0 Å². The lowest BCUT2D eigenvalue weighted by molar-refractivity contribution is 0.146. The zero-order valence-corrected chi connectivity index (χ0v) is 15.9. The van der Waals surface area contributed by atoms with Crippen molar-refractivity contribution < 1.29 is 4.42 Å². The summed E-state index contributed by atoms with van der Waals surface area (Å²) in [6, 6.07) is 4.22. The quantitative estimate of drug-likeness (QED) is 0.602. The Morgan fingerprint density at radius 3 is 2.69 bits per heavy atom. The van der Waals surface area contributed by atoms with Crippen LogP contribution < -0.4 is 10.6 Å². The van der Waals surface area contributed by atoms with E-state index in [2.05, 4.69) is 36.8 Å². The fourth-order valence-electron chi connectivity index (χ4n) is 3.30. The Morgan fingerprint density at radius 2 is 2.08 bits per heavy atom. The largest absolute Gasteiger partial charge is 0.468 e. The zero-order chi connectivity index (χ0) is 18.4. The number of nitrogens with one attached hydrogen (secondary N) is 2. The molecule has 1 unspecified atom stereocenters. The van der Waals surface area contributed by atoms with Crippen molar-refractivity contribution in [1.82, 2.24) is 30.3 Å². The molecule has 0 amide bonds. The average Bonchev–Trinajstić information content (AvgIpc) is 3.31. The first kappa shape index (κ1) is 18.4. The molecule has 0 aromatic carbocycles. The van der Waals surface area contributed by atoms with E-state index in [4.69, 9.17) is 4.42 Å². The number of aliphatic imine (C=N–C) groups is 1. The van der Waals surface area contributed by atoms with Gasteiger partial charge in [-0.25, -0.2) is 0 Å². The maximum Gasteiger partial charge on any atom is 0.191 e. The number of aryl methyl sites for hydroxylation is 1. The number of furan rings is 1. The van der Waals surface area contributed by atoms with Gasteiger partial charge in [-0.15, -0.1) is 10.2 Å². The molecule has 1 aliphatic rings. The number of nitrogens with zero attached hydrogens (tertiary/aromatic N) is 5. The van der Waals surface area contributed by atoms with Crippen LogP contribution in [0.5, 0.6) is 0 Å². The molecule has 8 heteroatoms. The molecule has 0 saturated carbocycles. The van der Waals surface area contributed by atoms with Crippen LogP contribution in [0.2, 0.25) is 0 Å². The van der Waals surface area contributed by atoms with Gasteiger partial charge in [0.25, 0.3) is 0 Å². The molecule has 1 atom stereocenters. The van der Waals surface area contributed by atoms with Crippen LogP contribution in [0, 0.1) is 6.92 Å². The monoisotopic (exact) mass is 359 g/mol. The molecular formula is C18H29N7O. The van der Waals surface area contributed by atoms with Crippen molar-refractivity contribution in [3.63, 3.8) is 0 Å². The molecule has 2 aromatic heterocycles. The first-order chi connectivity index (χ1) is 12.7. The fourth-order valence-corrected chi connectivity index (χ4v) is 3.30. The summed E-state index contributed by atoms with van der Waals surface area (Å²) in [6.45, 7) is 5.47. The summed E-state index contributed by atoms with van der Waals surface area (Å²) >= 11 is 0. The molecule has 2 N–H and O–H groups in total. The van der Waals surface area contributed by atoms with Crippen LogP contribution >= 0.6 is 0 Å². The van der Waals surface area contributed by atoms with Crippen LogP contribution in [0.3, 0.4) is 0 Å². The standard InChI is InChI=1S/C18H29N7O/c1-14-22-23-17(24(14)3)13-21-18(19-2)20-12-15(16-8-7-11-26-16)25-9-5-4-6-10-25/h7-8,11,15H,4-6,9-10,12-13H2,1-3H3,(H2,19,20,21). The first-order valence-electron chi connectivity index (χ1n) is 9.26. The van der Waals surface area contributed by atoms with Crippen molar-refractivity contribution >= 4 is 5.96 Å². The topological polar surface area (TPSA) is 83.5 Å². The van der Waals surface area contributed by atoms with E-state index in [0.29, 0.717) is 6.54 Å². The van der Waals surface area contributed by atoms with Gasteiger partial charge in [-0.1, -0.05) is 6.42 Å². The Balaban J connectivity index is 1.58. The molecule has 1 aliphatic heterocycles. The molecule has 0 aliphatic carbocycles. The lowest BCUT2D eigenvalue weighted by Crippen LogP contribution is -2.44. The number of hydrogen-bond acceptors (Lipinski definition) is 5. The van der Waals surface area contributed by atoms with Crippen LogP contribution in [-0.2, 0) is 13.6 Å². The third kappa shape index (κ3) is 4.43. The van der Waals surface area contributed by atoms with Gasteiger partial charge in [0.2, 0.25) is 0 Å². The minimum atomic E-state index is 0.209. The van der Waals surface area contributed by atoms with E-state index in [9.17, 15) is 0 Å². The summed E-state index contributed by atoms with van der Waals surface area (Å²) < 4.78 is 7.67. The second-order valence-corrected chi connectivity index (χ2v) is 6.66. The first-order valence-corrected chi connectivity index (χ1v) is 9.26. The summed E-state index contributed by atoms with van der Waals surface area (Å²) in [7, 11) is 3.74. The van der Waals surface area contributed by atoms with Gasteiger partial charge in [0.1, 0.15) is 11.6 Å². The van der Waals surface area contributed by atoms with Crippen molar-refractivity contribution in [1.29, 1.82) is 0 Å². The molecule has 3 heterocycles. The normalized spacial score (nSPS) is 17.3. The zero-order valence-electron chi connectivity index (χ0n) is 15.9. The van der Waals surface area contributed by atoms with Gasteiger partial charge < -0.3 is 19.6 Å². The molecule has 0 radical (unpaired) electrons. The molecule has 2 aromatic rings. The highest BCUT2D eigenvalue weighted by atomic mass is 16.3. The van der Waals surface area contributed by atoms with Crippen molar-refractivity contribution in [3.05, 3.63) is 35.8 Å². The van der Waals surface area contributed by atoms with E-state index in [1.54, 1.807) is 13.3 Å². The minimum Gasteiger partial charge on any atom is -0.468 e. The van der Waals surface area contributed by atoms with E-state index >= 15 is 0 Å². The van der Waals surface area contributed by atoms with Crippen molar-refractivity contribution in [2.24, 2.45) is 12.0 Å². The summed E-state index contributed by atoms with van der Waals surface area (Å²) in [5, 5.41) is 15.0. The van der Waals surface area contributed by atoms with Crippen molar-refractivity contribution in [2.75, 3.05) is 26.7 Å². The second-order valence-electron chi connectivity index (χ2n) is 6.66. The van der Waals surface area contributed by atoms with Gasteiger partial charge in [0.05, 0.1) is 18.8 Å². The number of guanidine groups is 1. The molecule has 0 spiro atoms. The van der Waals surface area contributed by atoms with E-state index in [1.165, 1.54) is 19.3 Å². The summed E-state index contributed by atoms with van der Waals surface area (Å²) in [6.07, 6.45) is 5.55. The predicted molar refractivity (Wildman–Crippen MR) is 101 cm³/mol. The number of likely N-dealkylation sites (tertiary alicyclic amines) is 1. The second kappa shape index (κ2) is 8.84. The fraction of sp³-hybridized carbons (Fsp3) is 0.611. The number of aromatic nitrogens is 3. The third-order valence-corrected chi connectivity index (χ3v) is 4.99. The molecule has 0 bridgehead atoms. The molecule has 142 valence electrons. The number of rotatable bonds is 6. The molecule has 3 rings (SSSR count). The van der Waals surface area contributed by atoms with Crippen LogP contribution in [0.1, 0.15) is 42.7 Å². The highest BCUT2D eigenvalue weighted by Crippen LogP contribution is 2.24. The SMILES string of the molecule is CN=C(NCc1nnc(C)n1C)NCC(c1ccco1)N1CCCCC1. The van der Waals surface area contributed by atoms with Gasteiger partial charge >= 0.3 is 0 Å². The van der Waals surface area contributed by atoms with Crippen molar-refractivity contribution in [2.45, 2.75) is 38.8 Å². The average molecular weight is 359 g/mol. The van der Waals surface area contributed by atoms with E-state index in [1.807, 2.05) is 24.6 Å². The van der Waals surface area contributed by atoms with E-state index in [0.717, 1.165) is 43.0 Å². The van der Waals surface area contributed by atoms with Gasteiger partial charge in [-0.3, -0.25) is 9.89 Å². The van der Waals surface area contributed by atoms with E-state index in [-0.39, 0.29) is 6.04 Å². The van der Waals surface area contributed by atoms with Crippen molar-refractivity contribution in [3.8, 4) is 0 Å². The van der Waals surface area contributed by atoms with E-state index < -0.39 is 0 Å². The van der Waals surface area contributed by atoms with Gasteiger partial charge in [0.15, 0.2) is 11.8 Å². The van der Waals surface area contributed by atoms with Crippen LogP contribution in [-0.4, -0.2) is 52.3 Å². The third-order valence-electron chi connectivity index (χ3n) is 4.99. The van der Waals surface area contributed by atoms with Gasteiger partial charge in [-0.2, -0.15) is 0 Å². The maximum atomic E-state index is 5.70. The Kier molecular flexibility index (Phi) is 6.27. The Morgan fingerprint density at radius 1 is 1.27 bits per heavy atom. The lowest BCUT2D eigenvalue weighted by atomic mass is 10.1. The number of hydrogen-bond donors (Lipinski definition) is 2. The predicted octanol–water partition coefficient (Wildman–Crippen LogP) is 1.61.